The summed E-state index contributed by atoms with van der Waals surface area (Å²) in [7, 11) is 0. The molecule has 0 saturated heterocycles. The van der Waals surface area contributed by atoms with Gasteiger partial charge in [0.2, 0.25) is 0 Å². The Kier molecular flexibility index (Phi) is 5.27. The topological polar surface area (TPSA) is 112 Å². The van der Waals surface area contributed by atoms with Crippen LogP contribution in [0.4, 0.5) is 17.1 Å². The normalized spacial score (nSPS) is 10.2. The van der Waals surface area contributed by atoms with Gasteiger partial charge in [0.15, 0.2) is 0 Å². The first-order chi connectivity index (χ1) is 11.0. The second-order valence-corrected chi connectivity index (χ2v) is 5.09. The molecular weight excluding hydrogens is 296 g/mol. The SMILES string of the molecule is Cc1cccc(NC(=O)c2ccc(NCC[NH3+])c([N+](=O)[O-])c2)c1. The first-order valence-electron chi connectivity index (χ1n) is 7.21. The molecule has 2 rings (SSSR count). The minimum absolute atomic E-state index is 0.129. The van der Waals surface area contributed by atoms with Crippen molar-refractivity contribution in [3.05, 3.63) is 63.7 Å². The molecule has 0 unspecified atom stereocenters. The lowest BCUT2D eigenvalue weighted by Crippen LogP contribution is -2.53. The highest BCUT2D eigenvalue weighted by atomic mass is 16.6. The van der Waals surface area contributed by atoms with Crippen LogP contribution in [-0.4, -0.2) is 23.9 Å². The van der Waals surface area contributed by atoms with E-state index in [4.69, 9.17) is 0 Å². The number of aryl methyl sites for hydroxylation is 1. The van der Waals surface area contributed by atoms with E-state index in [9.17, 15) is 14.9 Å². The highest BCUT2D eigenvalue weighted by molar-refractivity contribution is 6.05. The number of amides is 1. The maximum atomic E-state index is 12.3. The molecule has 0 fully saturated rings. The van der Waals surface area contributed by atoms with E-state index in [1.165, 1.54) is 6.07 Å². The summed E-state index contributed by atoms with van der Waals surface area (Å²) in [5.74, 6) is -0.387. The summed E-state index contributed by atoms with van der Waals surface area (Å²) in [6, 6.07) is 11.7. The molecule has 0 atom stereocenters. The van der Waals surface area contributed by atoms with E-state index in [1.807, 2.05) is 25.1 Å². The van der Waals surface area contributed by atoms with Crippen LogP contribution in [0.5, 0.6) is 0 Å². The smallest absolute Gasteiger partial charge is 0.293 e. The molecule has 23 heavy (non-hydrogen) atoms. The summed E-state index contributed by atoms with van der Waals surface area (Å²) in [6.07, 6.45) is 0. The highest BCUT2D eigenvalue weighted by Crippen LogP contribution is 2.26. The van der Waals surface area contributed by atoms with Crippen LogP contribution >= 0.6 is 0 Å². The number of nitrogens with one attached hydrogen (secondary N) is 2. The standard InChI is InChI=1S/C16H18N4O3/c1-11-3-2-4-13(9-11)19-16(21)12-5-6-14(18-8-7-17)15(10-12)20(22)23/h2-6,9-10,18H,7-8,17H2,1H3,(H,19,21)/p+1. The maximum Gasteiger partial charge on any atom is 0.293 e. The van der Waals surface area contributed by atoms with E-state index in [2.05, 4.69) is 16.4 Å². The number of nitro benzene ring substituents is 1. The Bertz CT molecular complexity index is 731. The van der Waals surface area contributed by atoms with Gasteiger partial charge in [0.1, 0.15) is 5.69 Å². The second kappa shape index (κ2) is 7.37. The fourth-order valence-corrected chi connectivity index (χ4v) is 2.12. The molecule has 0 radical (unpaired) electrons. The average molecular weight is 315 g/mol. The lowest BCUT2D eigenvalue weighted by atomic mass is 10.1. The minimum Gasteiger partial charge on any atom is -0.374 e. The molecule has 0 aliphatic rings. The van der Waals surface area contributed by atoms with Crippen molar-refractivity contribution in [2.24, 2.45) is 0 Å². The van der Waals surface area contributed by atoms with Crippen LogP contribution in [0.1, 0.15) is 15.9 Å². The Morgan fingerprint density at radius 1 is 1.26 bits per heavy atom. The van der Waals surface area contributed by atoms with Crippen molar-refractivity contribution in [3.63, 3.8) is 0 Å². The van der Waals surface area contributed by atoms with E-state index < -0.39 is 4.92 Å². The molecule has 2 aromatic rings. The van der Waals surface area contributed by atoms with Crippen molar-refractivity contribution < 1.29 is 15.5 Å². The Morgan fingerprint density at radius 2 is 2.04 bits per heavy atom. The molecule has 7 nitrogen and oxygen atoms in total. The van der Waals surface area contributed by atoms with Crippen LogP contribution in [0.25, 0.3) is 0 Å². The number of benzene rings is 2. The summed E-state index contributed by atoms with van der Waals surface area (Å²) < 4.78 is 0. The number of nitro groups is 1. The number of anilines is 2. The maximum absolute atomic E-state index is 12.3. The van der Waals surface area contributed by atoms with Gasteiger partial charge in [-0.25, -0.2) is 0 Å². The van der Waals surface area contributed by atoms with Crippen LogP contribution in [0.3, 0.4) is 0 Å². The van der Waals surface area contributed by atoms with Gasteiger partial charge in [-0.15, -0.1) is 0 Å². The fourth-order valence-electron chi connectivity index (χ4n) is 2.12. The zero-order valence-corrected chi connectivity index (χ0v) is 12.8. The molecule has 0 saturated carbocycles. The monoisotopic (exact) mass is 315 g/mol. The van der Waals surface area contributed by atoms with Gasteiger partial charge in [0, 0.05) is 17.3 Å². The van der Waals surface area contributed by atoms with Crippen LogP contribution in [0.15, 0.2) is 42.5 Å². The minimum atomic E-state index is -0.505. The van der Waals surface area contributed by atoms with Gasteiger partial charge >= 0.3 is 0 Å². The Balaban J connectivity index is 2.23. The first kappa shape index (κ1) is 16.4. The van der Waals surface area contributed by atoms with E-state index in [0.29, 0.717) is 24.5 Å². The molecule has 2 aromatic carbocycles. The highest BCUT2D eigenvalue weighted by Gasteiger charge is 2.17. The van der Waals surface area contributed by atoms with Crippen molar-refractivity contribution in [1.82, 2.24) is 0 Å². The van der Waals surface area contributed by atoms with Crippen LogP contribution in [-0.2, 0) is 0 Å². The third kappa shape index (κ3) is 4.27. The van der Waals surface area contributed by atoms with E-state index in [1.54, 1.807) is 18.2 Å². The fraction of sp³-hybridized carbons (Fsp3) is 0.188. The van der Waals surface area contributed by atoms with Gasteiger partial charge in [0.25, 0.3) is 11.6 Å². The summed E-state index contributed by atoms with van der Waals surface area (Å²) in [4.78, 5) is 22.9. The molecule has 7 heteroatoms. The van der Waals surface area contributed by atoms with Crippen molar-refractivity contribution in [1.29, 1.82) is 0 Å². The first-order valence-corrected chi connectivity index (χ1v) is 7.21. The lowest BCUT2D eigenvalue weighted by molar-refractivity contribution is -0.384. The van der Waals surface area contributed by atoms with Gasteiger partial charge in [-0.05, 0) is 36.8 Å². The summed E-state index contributed by atoms with van der Waals surface area (Å²) >= 11 is 0. The quantitative estimate of drug-likeness (QED) is 0.557. The Labute approximate surface area is 133 Å². The summed E-state index contributed by atoms with van der Waals surface area (Å²) in [6.45, 7) is 3.05. The third-order valence-electron chi connectivity index (χ3n) is 3.22. The predicted octanol–water partition coefficient (Wildman–Crippen LogP) is 1.81. The molecule has 0 heterocycles. The molecule has 0 aliphatic heterocycles. The average Bonchev–Trinajstić information content (AvgIpc) is 2.52. The number of nitrogens with zero attached hydrogens (tertiary/aromatic N) is 1. The molecule has 0 aliphatic carbocycles. The zero-order valence-electron chi connectivity index (χ0n) is 12.8. The number of hydrogen-bond acceptors (Lipinski definition) is 4. The number of rotatable bonds is 6. The lowest BCUT2D eigenvalue weighted by Gasteiger charge is -2.08. The molecule has 0 aromatic heterocycles. The van der Waals surface area contributed by atoms with Gasteiger partial charge in [-0.3, -0.25) is 14.9 Å². The Hall–Kier alpha value is -2.93. The van der Waals surface area contributed by atoms with Gasteiger partial charge in [-0.2, -0.15) is 0 Å². The van der Waals surface area contributed by atoms with Crippen molar-refractivity contribution in [3.8, 4) is 0 Å². The number of carbonyl (C=O) groups is 1. The summed E-state index contributed by atoms with van der Waals surface area (Å²) in [5.41, 5.74) is 5.83. The second-order valence-electron chi connectivity index (χ2n) is 5.09. The van der Waals surface area contributed by atoms with E-state index in [0.717, 1.165) is 5.56 Å². The molecule has 0 spiro atoms. The van der Waals surface area contributed by atoms with Gasteiger partial charge in [0.05, 0.1) is 18.0 Å². The summed E-state index contributed by atoms with van der Waals surface area (Å²) in [5, 5.41) is 16.8. The number of hydrogen-bond donors (Lipinski definition) is 3. The third-order valence-corrected chi connectivity index (χ3v) is 3.22. The molecule has 5 N–H and O–H groups in total. The van der Waals surface area contributed by atoms with Gasteiger partial charge in [-0.1, -0.05) is 12.1 Å². The van der Waals surface area contributed by atoms with E-state index in [-0.39, 0.29) is 17.2 Å². The van der Waals surface area contributed by atoms with Crippen LogP contribution in [0.2, 0.25) is 0 Å². The molecule has 1 amide bonds. The van der Waals surface area contributed by atoms with Crippen molar-refractivity contribution in [2.75, 3.05) is 23.7 Å². The molecular formula is C16H19N4O3+. The van der Waals surface area contributed by atoms with Crippen molar-refractivity contribution in [2.45, 2.75) is 6.92 Å². The predicted molar refractivity (Wildman–Crippen MR) is 88.5 cm³/mol. The largest absolute Gasteiger partial charge is 0.374 e. The van der Waals surface area contributed by atoms with Crippen LogP contribution in [0, 0.1) is 17.0 Å². The van der Waals surface area contributed by atoms with E-state index >= 15 is 0 Å². The number of carbonyl (C=O) groups excluding carboxylic acids is 1. The zero-order chi connectivity index (χ0) is 16.8. The molecule has 120 valence electrons. The van der Waals surface area contributed by atoms with Crippen LogP contribution < -0.4 is 16.4 Å². The van der Waals surface area contributed by atoms with Gasteiger partial charge < -0.3 is 16.4 Å². The number of quaternary nitrogens is 1. The van der Waals surface area contributed by atoms with Crippen molar-refractivity contribution >= 4 is 23.0 Å². The Morgan fingerprint density at radius 3 is 2.70 bits per heavy atom. The molecule has 0 bridgehead atoms.